The second-order valence-corrected chi connectivity index (χ2v) is 4.13. The molecule has 24 heteroatoms. The highest BCUT2D eigenvalue weighted by atomic mass is 16.7. The van der Waals surface area contributed by atoms with Gasteiger partial charge in [-0.15, -0.1) is 0 Å². The van der Waals surface area contributed by atoms with Crippen LogP contribution in [0.5, 0.6) is 0 Å². The normalized spacial score (nSPS) is 17.9. The van der Waals surface area contributed by atoms with E-state index in [1.54, 1.807) is 0 Å². The highest BCUT2D eigenvalue weighted by Gasteiger charge is 2.53. The number of nitrogens with zero attached hydrogens (tertiary/aromatic N) is 12. The number of hydrogen-bond donors (Lipinski definition) is 0. The molecule has 1 aliphatic rings. The van der Waals surface area contributed by atoms with Crippen molar-refractivity contribution in [2.45, 2.75) is 0 Å². The molecule has 0 aliphatic carbocycles. The van der Waals surface area contributed by atoms with Crippen molar-refractivity contribution in [3.8, 4) is 0 Å². The SMILES string of the molecule is O=[N+]([O-])/N=C1/N([N+](=O)[O-])CN([N+](=O)[O-])CN([N+](=O)[O-])/C(=N/[N+](=O)[O-])N1[N+](=O)[O-]. The quantitative estimate of drug-likeness (QED) is 0.309. The van der Waals surface area contributed by atoms with E-state index in [-0.39, 0.29) is 5.01 Å². The second kappa shape index (κ2) is 7.88. The first-order valence-corrected chi connectivity index (χ1v) is 6.00. The minimum absolute atomic E-state index is 0.312. The highest BCUT2D eigenvalue weighted by Crippen LogP contribution is 2.13. The molecule has 24 nitrogen and oxygen atoms in total. The topological polar surface area (TPSA) is 297 Å². The molecule has 1 aliphatic heterocycles. The molecule has 0 N–H and O–H groups in total. The van der Waals surface area contributed by atoms with Crippen molar-refractivity contribution in [3.63, 3.8) is 0 Å². The number of hydrazine groups is 4. The van der Waals surface area contributed by atoms with Crippen LogP contribution in [0, 0.1) is 60.7 Å². The molecule has 0 aromatic rings. The molecule has 0 aromatic carbocycles. The van der Waals surface area contributed by atoms with Gasteiger partial charge in [-0.05, 0) is 10.0 Å². The van der Waals surface area contributed by atoms with Crippen LogP contribution in [0.25, 0.3) is 0 Å². The second-order valence-electron chi connectivity index (χ2n) is 4.13. The Hall–Kier alpha value is -5.06. The highest BCUT2D eigenvalue weighted by molar-refractivity contribution is 5.95. The minimum atomic E-state index is -1.97. The summed E-state index contributed by atoms with van der Waals surface area (Å²) in [7, 11) is 0. The van der Waals surface area contributed by atoms with E-state index in [0.29, 0.717) is 0 Å². The predicted octanol–water partition coefficient (Wildman–Crippen LogP) is -3.01. The molecule has 152 valence electrons. The third-order valence-electron chi connectivity index (χ3n) is 2.57. The average Bonchev–Trinajstić information content (AvgIpc) is 2.49. The van der Waals surface area contributed by atoms with Crippen molar-refractivity contribution in [1.29, 1.82) is 0 Å². The Kier molecular flexibility index (Phi) is 5.91. The first-order valence-electron chi connectivity index (χ1n) is 6.00. The van der Waals surface area contributed by atoms with Crippen molar-refractivity contribution in [1.82, 2.24) is 20.0 Å². The Morgan fingerprint density at radius 1 is 0.607 bits per heavy atom. The standard InChI is InChI=1S/C4H4N12O12/c17-11(18)5-3-8(14(23)24)1-7(13(21)22)2-9(15(25)26)4(6-12(19)20)10(3)16(27)28/h1-2H2/b5-3-,6-4-. The van der Waals surface area contributed by atoms with Crippen molar-refractivity contribution in [2.75, 3.05) is 13.3 Å². The Balaban J connectivity index is 3.90. The largest absolute Gasteiger partial charge is 0.405 e. The van der Waals surface area contributed by atoms with E-state index in [1.165, 1.54) is 0 Å². The summed E-state index contributed by atoms with van der Waals surface area (Å²) in [5.41, 5.74) is 0. The number of nitro groups is 6. The maximum Gasteiger partial charge on any atom is 0.405 e. The monoisotopic (exact) mass is 412 g/mol. The molecule has 0 amide bonds. The Bertz CT molecular complexity index is 750. The molecule has 1 heterocycles. The first-order chi connectivity index (χ1) is 12.9. The third kappa shape index (κ3) is 4.52. The summed E-state index contributed by atoms with van der Waals surface area (Å²) < 4.78 is 0. The van der Waals surface area contributed by atoms with E-state index >= 15 is 0 Å². The van der Waals surface area contributed by atoms with Crippen molar-refractivity contribution < 1.29 is 30.2 Å². The molecule has 0 radical (unpaired) electrons. The Morgan fingerprint density at radius 2 is 0.964 bits per heavy atom. The van der Waals surface area contributed by atoms with E-state index in [4.69, 9.17) is 0 Å². The van der Waals surface area contributed by atoms with Gasteiger partial charge in [0.05, 0.1) is 0 Å². The van der Waals surface area contributed by atoms with Crippen molar-refractivity contribution >= 4 is 11.9 Å². The molecule has 0 aromatic heterocycles. The van der Waals surface area contributed by atoms with Gasteiger partial charge in [0.25, 0.3) is 0 Å². The van der Waals surface area contributed by atoms with E-state index in [0.717, 1.165) is 0 Å². The molecule has 1 rings (SSSR count). The van der Waals surface area contributed by atoms with Gasteiger partial charge in [0, 0.05) is 5.01 Å². The molecular formula is C4H4N12O12. The molecule has 1 saturated heterocycles. The zero-order valence-corrected chi connectivity index (χ0v) is 12.7. The van der Waals surface area contributed by atoms with E-state index in [2.05, 4.69) is 10.2 Å². The number of rotatable bonds is 6. The molecule has 0 spiro atoms. The van der Waals surface area contributed by atoms with Crippen molar-refractivity contribution in [2.24, 2.45) is 10.2 Å². The Labute approximate surface area is 147 Å². The molecular weight excluding hydrogens is 408 g/mol. The third-order valence-corrected chi connectivity index (χ3v) is 2.57. The lowest BCUT2D eigenvalue weighted by atomic mass is 10.6. The van der Waals surface area contributed by atoms with E-state index in [9.17, 15) is 60.7 Å². The van der Waals surface area contributed by atoms with Gasteiger partial charge in [-0.2, -0.15) is 0 Å². The van der Waals surface area contributed by atoms with Gasteiger partial charge in [0.15, 0.2) is 30.2 Å². The van der Waals surface area contributed by atoms with Gasteiger partial charge in [-0.25, -0.2) is 60.7 Å². The molecule has 0 unspecified atom stereocenters. The number of hydrogen-bond acceptors (Lipinski definition) is 12. The van der Waals surface area contributed by atoms with Crippen molar-refractivity contribution in [3.05, 3.63) is 60.7 Å². The predicted molar refractivity (Wildman–Crippen MR) is 73.9 cm³/mol. The lowest BCUT2D eigenvalue weighted by molar-refractivity contribution is -0.733. The van der Waals surface area contributed by atoms with E-state index in [1.807, 2.05) is 0 Å². The molecule has 28 heavy (non-hydrogen) atoms. The van der Waals surface area contributed by atoms with Gasteiger partial charge in [-0.1, -0.05) is 5.01 Å². The average molecular weight is 412 g/mol. The van der Waals surface area contributed by atoms with Crippen LogP contribution in [0.15, 0.2) is 10.2 Å². The van der Waals surface area contributed by atoms with Crippen LogP contribution in [0.2, 0.25) is 0 Å². The fraction of sp³-hybridized carbons (Fsp3) is 0.500. The summed E-state index contributed by atoms with van der Waals surface area (Å²) in [5, 5.41) is 57.9. The summed E-state index contributed by atoms with van der Waals surface area (Å²) >= 11 is 0. The first kappa shape index (κ1) is 21.0. The summed E-state index contributed by atoms with van der Waals surface area (Å²) in [5.74, 6) is -3.95. The van der Waals surface area contributed by atoms with Gasteiger partial charge in [0.2, 0.25) is 13.3 Å². The summed E-state index contributed by atoms with van der Waals surface area (Å²) in [6, 6.07) is 0. The van der Waals surface area contributed by atoms with E-state index < -0.39 is 70.5 Å². The van der Waals surface area contributed by atoms with Crippen LogP contribution >= 0.6 is 0 Å². The molecule has 0 atom stereocenters. The van der Waals surface area contributed by atoms with Gasteiger partial charge in [-0.3, -0.25) is 0 Å². The van der Waals surface area contributed by atoms with Crippen LogP contribution in [-0.2, 0) is 0 Å². The van der Waals surface area contributed by atoms with Crippen LogP contribution in [0.4, 0.5) is 0 Å². The summed E-state index contributed by atoms with van der Waals surface area (Å²) in [6.45, 7) is -3.24. The number of guanidine groups is 2. The summed E-state index contributed by atoms with van der Waals surface area (Å²) in [4.78, 5) is 65.6. The van der Waals surface area contributed by atoms with Crippen LogP contribution in [0.3, 0.4) is 0 Å². The molecule has 0 bridgehead atoms. The fourth-order valence-electron chi connectivity index (χ4n) is 1.62. The minimum Gasteiger partial charge on any atom is -0.235 e. The summed E-state index contributed by atoms with van der Waals surface area (Å²) in [6.07, 6.45) is 0. The van der Waals surface area contributed by atoms with Crippen LogP contribution < -0.4 is 0 Å². The fourth-order valence-corrected chi connectivity index (χ4v) is 1.62. The Morgan fingerprint density at radius 3 is 1.18 bits per heavy atom. The lowest BCUT2D eigenvalue weighted by Gasteiger charge is -2.26. The number of hydrazone groups is 2. The maximum absolute atomic E-state index is 11.2. The van der Waals surface area contributed by atoms with Gasteiger partial charge >= 0.3 is 11.9 Å². The maximum atomic E-state index is 11.2. The zero-order valence-electron chi connectivity index (χ0n) is 12.7. The molecule has 1 fully saturated rings. The zero-order chi connectivity index (χ0) is 21.8. The van der Waals surface area contributed by atoms with Gasteiger partial charge in [0.1, 0.15) is 10.2 Å². The lowest BCUT2D eigenvalue weighted by Crippen LogP contribution is -2.65. The van der Waals surface area contributed by atoms with Crippen LogP contribution in [-0.4, -0.2) is 75.5 Å². The van der Waals surface area contributed by atoms with Crippen LogP contribution in [0.1, 0.15) is 0 Å². The molecule has 0 saturated carbocycles. The smallest absolute Gasteiger partial charge is 0.235 e. The van der Waals surface area contributed by atoms with Gasteiger partial charge < -0.3 is 0 Å².